The van der Waals surface area contributed by atoms with Gasteiger partial charge >= 0.3 is 5.97 Å². The molecule has 0 amide bonds. The second kappa shape index (κ2) is 8.04. The highest BCUT2D eigenvalue weighted by Gasteiger charge is 2.34. The van der Waals surface area contributed by atoms with Crippen molar-refractivity contribution < 1.29 is 19.0 Å². The summed E-state index contributed by atoms with van der Waals surface area (Å²) < 4.78 is 15.8. The molecule has 1 aromatic heterocycles. The van der Waals surface area contributed by atoms with Gasteiger partial charge in [0.15, 0.2) is 0 Å². The van der Waals surface area contributed by atoms with E-state index in [1.54, 1.807) is 7.11 Å². The largest absolute Gasteiger partial charge is 0.491 e. The molecule has 0 radical (unpaired) electrons. The lowest BCUT2D eigenvalue weighted by molar-refractivity contribution is -0.143. The van der Waals surface area contributed by atoms with Gasteiger partial charge in [0, 0.05) is 30.1 Å². The number of benzene rings is 2. The lowest BCUT2D eigenvalue weighted by atomic mass is 9.90. The average molecular weight is 380 g/mol. The number of esters is 1. The van der Waals surface area contributed by atoms with Crippen LogP contribution in [-0.4, -0.2) is 44.4 Å². The maximum absolute atomic E-state index is 12.3. The summed E-state index contributed by atoms with van der Waals surface area (Å²) in [6.45, 7) is 1.03. The van der Waals surface area contributed by atoms with Crippen molar-refractivity contribution in [3.8, 4) is 5.75 Å². The molecule has 2 N–H and O–H groups in total. The van der Waals surface area contributed by atoms with E-state index in [4.69, 9.17) is 14.2 Å². The summed E-state index contributed by atoms with van der Waals surface area (Å²) in [5.74, 6) is 0.532. The van der Waals surface area contributed by atoms with Gasteiger partial charge in [0.1, 0.15) is 18.4 Å². The number of rotatable bonds is 6. The molecule has 28 heavy (non-hydrogen) atoms. The minimum absolute atomic E-state index is 0.112. The predicted octanol–water partition coefficient (Wildman–Crippen LogP) is 2.97. The molecule has 1 aliphatic rings. The molecule has 6 nitrogen and oxygen atoms in total. The molecule has 0 aliphatic carbocycles. The number of fused-ring (bicyclic) bond motifs is 3. The van der Waals surface area contributed by atoms with E-state index in [0.29, 0.717) is 19.6 Å². The van der Waals surface area contributed by atoms with Gasteiger partial charge in [-0.2, -0.15) is 0 Å². The molecule has 0 spiro atoms. The summed E-state index contributed by atoms with van der Waals surface area (Å²) in [5.41, 5.74) is 4.32. The third-order valence-electron chi connectivity index (χ3n) is 5.15. The second-order valence-corrected chi connectivity index (χ2v) is 6.86. The minimum Gasteiger partial charge on any atom is -0.491 e. The molecule has 2 unspecified atom stereocenters. The number of hydrogen-bond acceptors (Lipinski definition) is 5. The van der Waals surface area contributed by atoms with Crippen LogP contribution in [0.4, 0.5) is 0 Å². The van der Waals surface area contributed by atoms with E-state index in [-0.39, 0.29) is 12.0 Å². The quantitative estimate of drug-likeness (QED) is 0.508. The maximum atomic E-state index is 12.3. The fraction of sp³-hybridized carbons (Fsp3) is 0.318. The molecular formula is C22H24N2O4. The van der Waals surface area contributed by atoms with E-state index in [9.17, 15) is 4.79 Å². The van der Waals surface area contributed by atoms with E-state index >= 15 is 0 Å². The Kier molecular flexibility index (Phi) is 5.32. The highest BCUT2D eigenvalue weighted by molar-refractivity contribution is 5.88. The zero-order chi connectivity index (χ0) is 19.5. The Hall–Kier alpha value is -2.83. The van der Waals surface area contributed by atoms with Gasteiger partial charge in [-0.25, -0.2) is 0 Å². The molecule has 6 heteroatoms. The molecule has 0 bridgehead atoms. The summed E-state index contributed by atoms with van der Waals surface area (Å²) in [4.78, 5) is 15.9. The first-order valence-corrected chi connectivity index (χ1v) is 9.36. The standard InChI is InChI=1S/C22H24N2O4/c1-26-10-11-28-15-8-9-18-16(12-15)17-13-19(22(25)27-2)24-20(21(17)23-18)14-6-4-3-5-7-14/h3-9,12,19-20,23-24H,10-11,13H2,1-2H3. The normalized spacial score (nSPS) is 18.6. The van der Waals surface area contributed by atoms with Crippen LogP contribution in [0.1, 0.15) is 22.9 Å². The van der Waals surface area contributed by atoms with Gasteiger partial charge < -0.3 is 19.2 Å². The average Bonchev–Trinajstić information content (AvgIpc) is 3.11. The molecule has 3 aromatic rings. The van der Waals surface area contributed by atoms with Crippen molar-refractivity contribution in [1.82, 2.24) is 10.3 Å². The van der Waals surface area contributed by atoms with Gasteiger partial charge in [0.05, 0.1) is 19.8 Å². The number of aromatic nitrogens is 1. The van der Waals surface area contributed by atoms with Gasteiger partial charge in [0.2, 0.25) is 0 Å². The molecular weight excluding hydrogens is 356 g/mol. The van der Waals surface area contributed by atoms with Crippen molar-refractivity contribution in [3.05, 3.63) is 65.4 Å². The predicted molar refractivity (Wildman–Crippen MR) is 107 cm³/mol. The lowest BCUT2D eigenvalue weighted by Crippen LogP contribution is -2.45. The van der Waals surface area contributed by atoms with Gasteiger partial charge in [-0.1, -0.05) is 30.3 Å². The third-order valence-corrected chi connectivity index (χ3v) is 5.15. The fourth-order valence-corrected chi connectivity index (χ4v) is 3.80. The molecule has 1 aliphatic heterocycles. The van der Waals surface area contributed by atoms with E-state index in [1.807, 2.05) is 36.4 Å². The van der Waals surface area contributed by atoms with Crippen LogP contribution in [0, 0.1) is 0 Å². The molecule has 0 saturated carbocycles. The third kappa shape index (κ3) is 3.48. The molecule has 2 atom stereocenters. The van der Waals surface area contributed by atoms with E-state index < -0.39 is 6.04 Å². The van der Waals surface area contributed by atoms with Crippen LogP contribution in [0.25, 0.3) is 10.9 Å². The van der Waals surface area contributed by atoms with Crippen LogP contribution in [0.15, 0.2) is 48.5 Å². The summed E-state index contributed by atoms with van der Waals surface area (Å²) in [6, 6.07) is 15.6. The van der Waals surface area contributed by atoms with Gasteiger partial charge in [-0.15, -0.1) is 0 Å². The summed E-state index contributed by atoms with van der Waals surface area (Å²) in [6.07, 6.45) is 0.562. The van der Waals surface area contributed by atoms with Crippen LogP contribution in [-0.2, 0) is 20.7 Å². The lowest BCUT2D eigenvalue weighted by Gasteiger charge is -2.30. The second-order valence-electron chi connectivity index (χ2n) is 6.86. The van der Waals surface area contributed by atoms with Crippen molar-refractivity contribution in [2.24, 2.45) is 0 Å². The van der Waals surface area contributed by atoms with Gasteiger partial charge in [0.25, 0.3) is 0 Å². The molecule has 4 rings (SSSR count). The van der Waals surface area contributed by atoms with Crippen LogP contribution >= 0.6 is 0 Å². The van der Waals surface area contributed by atoms with Crippen LogP contribution < -0.4 is 10.1 Å². The van der Waals surface area contributed by atoms with Crippen molar-refractivity contribution in [2.75, 3.05) is 27.4 Å². The highest BCUT2D eigenvalue weighted by Crippen LogP contribution is 2.36. The Morgan fingerprint density at radius 2 is 1.93 bits per heavy atom. The SMILES string of the molecule is COCCOc1ccc2[nH]c3c(c2c1)CC(C(=O)OC)NC3c1ccccc1. The number of aromatic amines is 1. The van der Waals surface area contributed by atoms with Crippen molar-refractivity contribution in [1.29, 1.82) is 0 Å². The topological polar surface area (TPSA) is 72.6 Å². The number of carbonyl (C=O) groups excluding carboxylic acids is 1. The Morgan fingerprint density at radius 3 is 2.68 bits per heavy atom. The Labute approximate surface area is 163 Å². The fourth-order valence-electron chi connectivity index (χ4n) is 3.80. The molecule has 146 valence electrons. The Bertz CT molecular complexity index is 967. The smallest absolute Gasteiger partial charge is 0.323 e. The van der Waals surface area contributed by atoms with Crippen molar-refractivity contribution in [3.63, 3.8) is 0 Å². The number of ether oxygens (including phenoxy) is 3. The Morgan fingerprint density at radius 1 is 1.11 bits per heavy atom. The first-order chi connectivity index (χ1) is 13.7. The van der Waals surface area contributed by atoms with Gasteiger partial charge in [-0.3, -0.25) is 10.1 Å². The molecule has 0 saturated heterocycles. The van der Waals surface area contributed by atoms with E-state index in [1.165, 1.54) is 7.11 Å². The number of hydrogen-bond donors (Lipinski definition) is 2. The molecule has 0 fully saturated rings. The minimum atomic E-state index is -0.403. The number of nitrogens with one attached hydrogen (secondary N) is 2. The number of H-pyrrole nitrogens is 1. The maximum Gasteiger partial charge on any atom is 0.323 e. The zero-order valence-corrected chi connectivity index (χ0v) is 16.0. The van der Waals surface area contributed by atoms with Crippen LogP contribution in [0.3, 0.4) is 0 Å². The van der Waals surface area contributed by atoms with Gasteiger partial charge in [-0.05, 0) is 29.3 Å². The first kappa shape index (κ1) is 18.5. The molecule has 2 aromatic carbocycles. The number of methoxy groups -OCH3 is 2. The monoisotopic (exact) mass is 380 g/mol. The van der Waals surface area contributed by atoms with E-state index in [2.05, 4.69) is 22.4 Å². The van der Waals surface area contributed by atoms with E-state index in [0.717, 1.165) is 33.5 Å². The summed E-state index contributed by atoms with van der Waals surface area (Å²) in [5, 5.41) is 4.51. The molecule has 2 heterocycles. The highest BCUT2D eigenvalue weighted by atomic mass is 16.5. The number of carbonyl (C=O) groups is 1. The van der Waals surface area contributed by atoms with Crippen molar-refractivity contribution in [2.45, 2.75) is 18.5 Å². The van der Waals surface area contributed by atoms with Crippen LogP contribution in [0.2, 0.25) is 0 Å². The Balaban J connectivity index is 1.77. The zero-order valence-electron chi connectivity index (χ0n) is 16.0. The van der Waals surface area contributed by atoms with Crippen LogP contribution in [0.5, 0.6) is 5.75 Å². The first-order valence-electron chi connectivity index (χ1n) is 9.36. The summed E-state index contributed by atoms with van der Waals surface area (Å²) >= 11 is 0. The van der Waals surface area contributed by atoms with Crippen molar-refractivity contribution >= 4 is 16.9 Å². The summed E-state index contributed by atoms with van der Waals surface area (Å²) in [7, 11) is 3.08.